The monoisotopic (exact) mass is 524 g/mol. The maximum absolute atomic E-state index is 13.3. The van der Waals surface area contributed by atoms with Gasteiger partial charge in [-0.25, -0.2) is 14.4 Å². The molecule has 0 aliphatic rings. The molecule has 0 aliphatic carbocycles. The number of nitrogens with zero attached hydrogens (tertiary/aromatic N) is 3. The van der Waals surface area contributed by atoms with Crippen molar-refractivity contribution in [3.63, 3.8) is 0 Å². The van der Waals surface area contributed by atoms with E-state index in [4.69, 9.17) is 4.74 Å². The zero-order chi connectivity index (χ0) is 27.2. The molecule has 0 bridgehead atoms. The fourth-order valence-corrected chi connectivity index (χ4v) is 3.46. The van der Waals surface area contributed by atoms with Gasteiger partial charge in [-0.2, -0.15) is 12.6 Å². The molecule has 0 spiro atoms. The Morgan fingerprint density at radius 3 is 1.81 bits per heavy atom. The number of carbonyl (C=O) groups is 2. The summed E-state index contributed by atoms with van der Waals surface area (Å²) in [5.74, 6) is -0.552. The fourth-order valence-electron chi connectivity index (χ4n) is 3.21. The zero-order valence-corrected chi connectivity index (χ0v) is 21.8. The van der Waals surface area contributed by atoms with E-state index in [1.807, 2.05) is 0 Å². The van der Waals surface area contributed by atoms with Crippen LogP contribution < -0.4 is 27.8 Å². The number of alkyl carbamates (subject to hydrolysis) is 1. The standard InChI is InChI=1S/C22H32N6O7S/c1-13-10-27(19(32)24-16(13)29)8-6-26(7-9-28-11-14(2)17(30)25-20(28)33)18(31)15(12-36)23-21(34)35-22(3,4)5/h10-11,15,36H,6-9,12H2,1-5H3,(H,23,34)(H,24,29,32)(H,25,30,33). The minimum atomic E-state index is -1.05. The highest BCUT2D eigenvalue weighted by atomic mass is 32.1. The molecule has 0 saturated heterocycles. The van der Waals surface area contributed by atoms with Crippen molar-refractivity contribution in [2.24, 2.45) is 0 Å². The molecule has 0 aromatic carbocycles. The number of amides is 2. The Morgan fingerprint density at radius 1 is 0.972 bits per heavy atom. The normalized spacial score (nSPS) is 12.2. The lowest BCUT2D eigenvalue weighted by Crippen LogP contribution is -2.52. The van der Waals surface area contributed by atoms with E-state index in [2.05, 4.69) is 27.9 Å². The Morgan fingerprint density at radius 2 is 1.42 bits per heavy atom. The number of nitrogens with one attached hydrogen (secondary N) is 3. The number of aryl methyl sites for hydroxylation is 2. The molecule has 13 nitrogen and oxygen atoms in total. The number of H-pyrrole nitrogens is 2. The molecule has 2 heterocycles. The SMILES string of the molecule is Cc1cn(CCN(CCn2cc(C)c(=O)[nH]c2=O)C(=O)C(CS)NC(=O)OC(C)(C)C)c(=O)[nH]c1=O. The first kappa shape index (κ1) is 28.7. The maximum Gasteiger partial charge on any atom is 0.408 e. The number of hydrogen-bond donors (Lipinski definition) is 4. The third kappa shape index (κ3) is 8.00. The predicted octanol–water partition coefficient (Wildman–Crippen LogP) is -0.645. The molecule has 2 aromatic heterocycles. The minimum Gasteiger partial charge on any atom is -0.444 e. The topological polar surface area (TPSA) is 168 Å². The lowest BCUT2D eigenvalue weighted by molar-refractivity contribution is -0.133. The smallest absolute Gasteiger partial charge is 0.408 e. The Labute approximate surface area is 211 Å². The molecule has 2 amide bonds. The van der Waals surface area contributed by atoms with Crippen molar-refractivity contribution in [1.82, 2.24) is 29.3 Å². The van der Waals surface area contributed by atoms with E-state index < -0.39 is 46.1 Å². The molecule has 0 fully saturated rings. The third-order valence-corrected chi connectivity index (χ3v) is 5.45. The van der Waals surface area contributed by atoms with E-state index in [1.54, 1.807) is 34.6 Å². The molecule has 2 rings (SSSR count). The van der Waals surface area contributed by atoms with Crippen LogP contribution >= 0.6 is 12.6 Å². The van der Waals surface area contributed by atoms with Gasteiger partial charge in [0.25, 0.3) is 11.1 Å². The molecule has 0 saturated carbocycles. The summed E-state index contributed by atoms with van der Waals surface area (Å²) in [5.41, 5.74) is -2.42. The molecular formula is C22H32N6O7S. The highest BCUT2D eigenvalue weighted by Crippen LogP contribution is 2.08. The van der Waals surface area contributed by atoms with Crippen molar-refractivity contribution < 1.29 is 14.3 Å². The van der Waals surface area contributed by atoms with Crippen LogP contribution in [0.5, 0.6) is 0 Å². The molecular weight excluding hydrogens is 492 g/mol. The van der Waals surface area contributed by atoms with Gasteiger partial charge in [0.15, 0.2) is 0 Å². The van der Waals surface area contributed by atoms with Crippen LogP contribution in [0.2, 0.25) is 0 Å². The van der Waals surface area contributed by atoms with Crippen molar-refractivity contribution in [3.05, 3.63) is 65.2 Å². The summed E-state index contributed by atoms with van der Waals surface area (Å²) < 4.78 is 7.73. The van der Waals surface area contributed by atoms with Crippen molar-refractivity contribution in [2.75, 3.05) is 18.8 Å². The van der Waals surface area contributed by atoms with Crippen molar-refractivity contribution in [3.8, 4) is 0 Å². The first-order chi connectivity index (χ1) is 16.7. The summed E-state index contributed by atoms with van der Waals surface area (Å²) in [7, 11) is 0. The molecule has 36 heavy (non-hydrogen) atoms. The van der Waals surface area contributed by atoms with E-state index in [0.717, 1.165) is 0 Å². The average Bonchev–Trinajstić information content (AvgIpc) is 2.76. The first-order valence-corrected chi connectivity index (χ1v) is 11.8. The van der Waals surface area contributed by atoms with Gasteiger partial charge in [0.05, 0.1) is 0 Å². The molecule has 14 heteroatoms. The van der Waals surface area contributed by atoms with Gasteiger partial charge < -0.3 is 15.0 Å². The highest BCUT2D eigenvalue weighted by Gasteiger charge is 2.27. The Kier molecular flexibility index (Phi) is 9.50. The van der Waals surface area contributed by atoms with Crippen molar-refractivity contribution in [2.45, 2.75) is 59.4 Å². The van der Waals surface area contributed by atoms with E-state index in [9.17, 15) is 28.8 Å². The van der Waals surface area contributed by atoms with Gasteiger partial charge in [-0.05, 0) is 34.6 Å². The quantitative estimate of drug-likeness (QED) is 0.316. The number of carbonyl (C=O) groups excluding carboxylic acids is 2. The number of ether oxygens (including phenoxy) is 1. The number of aromatic amines is 2. The van der Waals surface area contributed by atoms with Gasteiger partial charge in [0.1, 0.15) is 11.6 Å². The Balaban J connectivity index is 2.28. The van der Waals surface area contributed by atoms with Crippen LogP contribution in [0, 0.1) is 13.8 Å². The molecule has 0 aliphatic heterocycles. The molecule has 0 radical (unpaired) electrons. The van der Waals surface area contributed by atoms with Crippen LogP contribution in [0.3, 0.4) is 0 Å². The van der Waals surface area contributed by atoms with Gasteiger partial charge in [-0.1, -0.05) is 0 Å². The van der Waals surface area contributed by atoms with E-state index in [0.29, 0.717) is 11.1 Å². The van der Waals surface area contributed by atoms with Crippen LogP contribution in [0.1, 0.15) is 31.9 Å². The molecule has 198 valence electrons. The molecule has 2 aromatic rings. The molecule has 1 unspecified atom stereocenters. The lowest BCUT2D eigenvalue weighted by atomic mass is 10.2. The zero-order valence-electron chi connectivity index (χ0n) is 20.9. The summed E-state index contributed by atoms with van der Waals surface area (Å²) >= 11 is 4.19. The average molecular weight is 525 g/mol. The summed E-state index contributed by atoms with van der Waals surface area (Å²) in [6.45, 7) is 8.25. The van der Waals surface area contributed by atoms with Crippen molar-refractivity contribution >= 4 is 24.6 Å². The van der Waals surface area contributed by atoms with Crippen LogP contribution in [0.4, 0.5) is 4.79 Å². The van der Waals surface area contributed by atoms with E-state index in [-0.39, 0.29) is 31.9 Å². The van der Waals surface area contributed by atoms with E-state index in [1.165, 1.54) is 26.4 Å². The molecule has 3 N–H and O–H groups in total. The number of aromatic nitrogens is 4. The van der Waals surface area contributed by atoms with Gasteiger partial charge >= 0.3 is 17.5 Å². The highest BCUT2D eigenvalue weighted by molar-refractivity contribution is 7.80. The summed E-state index contributed by atoms with van der Waals surface area (Å²) in [6, 6.07) is -1.05. The second kappa shape index (κ2) is 11.9. The largest absolute Gasteiger partial charge is 0.444 e. The van der Waals surface area contributed by atoms with Crippen LogP contribution in [-0.4, -0.2) is 66.5 Å². The summed E-state index contributed by atoms with van der Waals surface area (Å²) in [5, 5.41) is 2.49. The predicted molar refractivity (Wildman–Crippen MR) is 136 cm³/mol. The van der Waals surface area contributed by atoms with Crippen LogP contribution in [-0.2, 0) is 22.6 Å². The van der Waals surface area contributed by atoms with Gasteiger partial charge in [0, 0.05) is 55.5 Å². The molecule has 1 atom stereocenters. The Hall–Kier alpha value is -3.55. The number of rotatable bonds is 9. The number of thiol groups is 1. The van der Waals surface area contributed by atoms with Crippen LogP contribution in [0.25, 0.3) is 0 Å². The van der Waals surface area contributed by atoms with Gasteiger partial charge in [-0.15, -0.1) is 0 Å². The lowest BCUT2D eigenvalue weighted by Gasteiger charge is -2.28. The number of hydrogen-bond acceptors (Lipinski definition) is 8. The van der Waals surface area contributed by atoms with Gasteiger partial charge in [0.2, 0.25) is 5.91 Å². The van der Waals surface area contributed by atoms with E-state index >= 15 is 0 Å². The fraction of sp³-hybridized carbons (Fsp3) is 0.545. The minimum absolute atomic E-state index is 0.0155. The third-order valence-electron chi connectivity index (χ3n) is 5.08. The summed E-state index contributed by atoms with van der Waals surface area (Å²) in [4.78, 5) is 79.0. The second-order valence-electron chi connectivity index (χ2n) is 9.24. The second-order valence-corrected chi connectivity index (χ2v) is 9.60. The summed E-state index contributed by atoms with van der Waals surface area (Å²) in [6.07, 6.45) is 1.97. The van der Waals surface area contributed by atoms with Gasteiger partial charge in [-0.3, -0.25) is 33.5 Å². The maximum atomic E-state index is 13.3. The Bertz CT molecular complexity index is 1260. The first-order valence-electron chi connectivity index (χ1n) is 11.2. The van der Waals surface area contributed by atoms with Crippen LogP contribution in [0.15, 0.2) is 31.6 Å². The van der Waals surface area contributed by atoms with Crippen molar-refractivity contribution in [1.29, 1.82) is 0 Å².